The van der Waals surface area contributed by atoms with Gasteiger partial charge in [-0.2, -0.15) is 0 Å². The second-order valence-corrected chi connectivity index (χ2v) is 4.90. The second-order valence-electron chi connectivity index (χ2n) is 4.90. The van der Waals surface area contributed by atoms with Gasteiger partial charge in [0.25, 0.3) is 5.91 Å². The number of carboxylic acids is 1. The first-order chi connectivity index (χ1) is 9.45. The normalized spacial score (nSPS) is 12.4. The minimum absolute atomic E-state index is 0.101. The zero-order valence-electron chi connectivity index (χ0n) is 12.1. The molecule has 0 aliphatic rings. The molecule has 0 saturated heterocycles. The topological polar surface area (TPSA) is 80.6 Å². The zero-order chi connectivity index (χ0) is 15.1. The molecular weight excluding hydrogens is 260 g/mol. The Morgan fingerprint density at radius 3 is 2.70 bits per heavy atom. The molecule has 20 heavy (non-hydrogen) atoms. The van der Waals surface area contributed by atoms with E-state index < -0.39 is 5.97 Å². The molecule has 112 valence electrons. The third-order valence-electron chi connectivity index (χ3n) is 2.99. The highest BCUT2D eigenvalue weighted by molar-refractivity contribution is 5.93. The van der Waals surface area contributed by atoms with Gasteiger partial charge in [-0.1, -0.05) is 13.8 Å². The molecule has 0 spiro atoms. The van der Waals surface area contributed by atoms with Crippen LogP contribution >= 0.6 is 0 Å². The van der Waals surface area contributed by atoms with Crippen LogP contribution in [0.25, 0.3) is 0 Å². The lowest BCUT2D eigenvalue weighted by atomic mass is 10.1. The molecule has 0 aliphatic carbocycles. The highest BCUT2D eigenvalue weighted by Crippen LogP contribution is 2.07. The van der Waals surface area contributed by atoms with Crippen molar-refractivity contribution in [3.63, 3.8) is 0 Å². The number of hydrogen-bond donors (Lipinski definition) is 2. The molecule has 1 rings (SSSR count). The summed E-state index contributed by atoms with van der Waals surface area (Å²) < 4.78 is 6.77. The van der Waals surface area contributed by atoms with E-state index in [0.717, 1.165) is 0 Å². The van der Waals surface area contributed by atoms with Gasteiger partial charge in [-0.25, -0.2) is 0 Å². The Morgan fingerprint density at radius 2 is 2.15 bits per heavy atom. The van der Waals surface area contributed by atoms with Gasteiger partial charge in [0.15, 0.2) is 0 Å². The molecule has 6 heteroatoms. The maximum Gasteiger partial charge on any atom is 0.323 e. The van der Waals surface area contributed by atoms with Crippen molar-refractivity contribution in [1.82, 2.24) is 9.88 Å². The molecule has 0 aliphatic heterocycles. The van der Waals surface area contributed by atoms with Gasteiger partial charge < -0.3 is 19.7 Å². The molecule has 0 bridgehead atoms. The summed E-state index contributed by atoms with van der Waals surface area (Å²) in [6, 6.07) is 3.16. The molecule has 0 aromatic carbocycles. The molecule has 0 saturated carbocycles. The standard InChI is InChI=1S/C14H22N2O4/c1-4-20-9-11(10(2)3)15-14(19)12-6-5-7-16(12)8-13(17)18/h5-7,10-11H,4,8-9H2,1-3H3,(H,15,19)(H,17,18). The number of nitrogens with one attached hydrogen (secondary N) is 1. The molecule has 1 amide bonds. The summed E-state index contributed by atoms with van der Waals surface area (Å²) in [5, 5.41) is 11.7. The van der Waals surface area contributed by atoms with Gasteiger partial charge in [0, 0.05) is 12.8 Å². The van der Waals surface area contributed by atoms with Gasteiger partial charge in [-0.15, -0.1) is 0 Å². The molecule has 1 aromatic heterocycles. The molecular formula is C14H22N2O4. The van der Waals surface area contributed by atoms with Crippen molar-refractivity contribution in [2.24, 2.45) is 5.92 Å². The van der Waals surface area contributed by atoms with Crippen LogP contribution < -0.4 is 5.32 Å². The molecule has 1 atom stereocenters. The number of carboxylic acid groups (broad SMARTS) is 1. The molecule has 1 aromatic rings. The van der Waals surface area contributed by atoms with E-state index in [1.165, 1.54) is 4.57 Å². The number of ether oxygens (including phenoxy) is 1. The van der Waals surface area contributed by atoms with Gasteiger partial charge in [0.05, 0.1) is 12.6 Å². The fraction of sp³-hybridized carbons (Fsp3) is 0.571. The Morgan fingerprint density at radius 1 is 1.45 bits per heavy atom. The number of rotatable bonds is 8. The predicted molar refractivity (Wildman–Crippen MR) is 74.7 cm³/mol. The Labute approximate surface area is 118 Å². The minimum atomic E-state index is -0.982. The molecule has 6 nitrogen and oxygen atoms in total. The molecule has 0 fully saturated rings. The van der Waals surface area contributed by atoms with E-state index in [4.69, 9.17) is 9.84 Å². The summed E-state index contributed by atoms with van der Waals surface area (Å²) in [5.41, 5.74) is 0.342. The summed E-state index contributed by atoms with van der Waals surface area (Å²) in [7, 11) is 0. The van der Waals surface area contributed by atoms with Crippen LogP contribution in [0.4, 0.5) is 0 Å². The lowest BCUT2D eigenvalue weighted by Gasteiger charge is -2.22. The van der Waals surface area contributed by atoms with Crippen LogP contribution in [0.5, 0.6) is 0 Å². The first-order valence-electron chi connectivity index (χ1n) is 6.71. The molecule has 1 heterocycles. The number of amides is 1. The maximum atomic E-state index is 12.2. The number of carbonyl (C=O) groups excluding carboxylic acids is 1. The fourth-order valence-electron chi connectivity index (χ4n) is 1.79. The van der Waals surface area contributed by atoms with Gasteiger partial charge in [0.2, 0.25) is 0 Å². The summed E-state index contributed by atoms with van der Waals surface area (Å²) in [6.07, 6.45) is 1.58. The van der Waals surface area contributed by atoms with Crippen molar-refractivity contribution in [2.75, 3.05) is 13.2 Å². The average Bonchev–Trinajstić information content (AvgIpc) is 2.81. The van der Waals surface area contributed by atoms with E-state index in [2.05, 4.69) is 5.32 Å². The predicted octanol–water partition coefficient (Wildman–Crippen LogP) is 1.36. The van der Waals surface area contributed by atoms with Crippen molar-refractivity contribution in [3.8, 4) is 0 Å². The average molecular weight is 282 g/mol. The van der Waals surface area contributed by atoms with Crippen LogP contribution in [-0.4, -0.2) is 40.8 Å². The van der Waals surface area contributed by atoms with Gasteiger partial charge >= 0.3 is 5.97 Å². The SMILES string of the molecule is CCOCC(NC(=O)c1cccn1CC(=O)O)C(C)C. The lowest BCUT2D eigenvalue weighted by molar-refractivity contribution is -0.137. The van der Waals surface area contributed by atoms with Crippen LogP contribution in [0, 0.1) is 5.92 Å². The smallest absolute Gasteiger partial charge is 0.323 e. The van der Waals surface area contributed by atoms with E-state index in [1.54, 1.807) is 18.3 Å². The van der Waals surface area contributed by atoms with Crippen LogP contribution in [-0.2, 0) is 16.1 Å². The summed E-state index contributed by atoms with van der Waals surface area (Å²) in [5.74, 6) is -1.03. The minimum Gasteiger partial charge on any atom is -0.480 e. The first kappa shape index (κ1) is 16.2. The lowest BCUT2D eigenvalue weighted by Crippen LogP contribution is -2.42. The van der Waals surface area contributed by atoms with E-state index in [0.29, 0.717) is 18.9 Å². The third-order valence-corrected chi connectivity index (χ3v) is 2.99. The Balaban J connectivity index is 2.73. The van der Waals surface area contributed by atoms with Crippen molar-refractivity contribution in [2.45, 2.75) is 33.4 Å². The summed E-state index contributed by atoms with van der Waals surface area (Å²) in [6.45, 7) is 6.71. The fourth-order valence-corrected chi connectivity index (χ4v) is 1.79. The zero-order valence-corrected chi connectivity index (χ0v) is 12.1. The van der Waals surface area contributed by atoms with Crippen molar-refractivity contribution in [1.29, 1.82) is 0 Å². The second kappa shape index (κ2) is 7.69. The monoisotopic (exact) mass is 282 g/mol. The van der Waals surface area contributed by atoms with Crippen LogP contribution in [0.2, 0.25) is 0 Å². The number of hydrogen-bond acceptors (Lipinski definition) is 3. The highest BCUT2D eigenvalue weighted by Gasteiger charge is 2.19. The first-order valence-corrected chi connectivity index (χ1v) is 6.71. The molecule has 0 radical (unpaired) electrons. The largest absolute Gasteiger partial charge is 0.480 e. The number of nitrogens with zero attached hydrogens (tertiary/aromatic N) is 1. The van der Waals surface area contributed by atoms with E-state index in [9.17, 15) is 9.59 Å². The van der Waals surface area contributed by atoms with Gasteiger partial charge in [0.1, 0.15) is 12.2 Å². The number of aromatic nitrogens is 1. The van der Waals surface area contributed by atoms with Crippen molar-refractivity contribution < 1.29 is 19.4 Å². The number of carbonyl (C=O) groups is 2. The summed E-state index contributed by atoms with van der Waals surface area (Å²) >= 11 is 0. The van der Waals surface area contributed by atoms with E-state index >= 15 is 0 Å². The summed E-state index contributed by atoms with van der Waals surface area (Å²) in [4.78, 5) is 22.9. The number of aliphatic carboxylic acids is 1. The van der Waals surface area contributed by atoms with Crippen molar-refractivity contribution >= 4 is 11.9 Å². The van der Waals surface area contributed by atoms with Crippen LogP contribution in [0.15, 0.2) is 18.3 Å². The quantitative estimate of drug-likeness (QED) is 0.754. The van der Waals surface area contributed by atoms with E-state index in [1.807, 2.05) is 20.8 Å². The Hall–Kier alpha value is -1.82. The van der Waals surface area contributed by atoms with Gasteiger partial charge in [-0.05, 0) is 25.0 Å². The molecule has 2 N–H and O–H groups in total. The Kier molecular flexibility index (Phi) is 6.24. The van der Waals surface area contributed by atoms with Gasteiger partial charge in [-0.3, -0.25) is 9.59 Å². The highest BCUT2D eigenvalue weighted by atomic mass is 16.5. The van der Waals surface area contributed by atoms with Crippen LogP contribution in [0.3, 0.4) is 0 Å². The van der Waals surface area contributed by atoms with Crippen LogP contribution in [0.1, 0.15) is 31.3 Å². The molecule has 1 unspecified atom stereocenters. The Bertz CT molecular complexity index is 454. The third kappa shape index (κ3) is 4.70. The van der Waals surface area contributed by atoms with E-state index in [-0.39, 0.29) is 24.4 Å². The maximum absolute atomic E-state index is 12.2. The van der Waals surface area contributed by atoms with Crippen molar-refractivity contribution in [3.05, 3.63) is 24.0 Å².